The van der Waals surface area contributed by atoms with Crippen LogP contribution in [0.25, 0.3) is 0 Å². The molecule has 2 aromatic rings. The fraction of sp³-hybridized carbons (Fsp3) is 0.391. The highest BCUT2D eigenvalue weighted by atomic mass is 16.5. The molecule has 2 aromatic carbocycles. The zero-order valence-electron chi connectivity index (χ0n) is 16.8. The molecule has 0 bridgehead atoms. The highest BCUT2D eigenvalue weighted by Gasteiger charge is 2.50. The van der Waals surface area contributed by atoms with Gasteiger partial charge < -0.3 is 20.1 Å². The Morgan fingerprint density at radius 3 is 2.62 bits per heavy atom. The first-order valence-electron chi connectivity index (χ1n) is 10.1. The van der Waals surface area contributed by atoms with E-state index in [1.807, 2.05) is 19.1 Å². The average Bonchev–Trinajstić information content (AvgIpc) is 3.08. The lowest BCUT2D eigenvalue weighted by atomic mass is 9.79. The van der Waals surface area contributed by atoms with Crippen LogP contribution in [0.1, 0.15) is 53.6 Å². The summed E-state index contributed by atoms with van der Waals surface area (Å²) >= 11 is 0. The standard InChI is InChI=1S/C23H26N2O4/c1-15-9-10-16(13-20(15)29-2)24-22(28)23(11-4-3-5-12-23)25-14-18-17(21(25)27)7-6-8-19(18)26/h6-10,13,26H,3-5,11-12,14H2,1-2H3,(H,24,28). The van der Waals surface area contributed by atoms with Crippen LogP contribution >= 0.6 is 0 Å². The van der Waals surface area contributed by atoms with Crippen molar-refractivity contribution in [2.45, 2.75) is 51.1 Å². The van der Waals surface area contributed by atoms with Crippen LogP contribution < -0.4 is 10.1 Å². The Morgan fingerprint density at radius 2 is 1.93 bits per heavy atom. The lowest BCUT2D eigenvalue weighted by Gasteiger charge is -2.43. The largest absolute Gasteiger partial charge is 0.508 e. The number of rotatable bonds is 4. The van der Waals surface area contributed by atoms with Gasteiger partial charge in [0.15, 0.2) is 0 Å². The summed E-state index contributed by atoms with van der Waals surface area (Å²) in [5, 5.41) is 13.2. The zero-order chi connectivity index (χ0) is 20.6. The lowest BCUT2D eigenvalue weighted by Crippen LogP contribution is -2.58. The highest BCUT2D eigenvalue weighted by Crippen LogP contribution is 2.42. The van der Waals surface area contributed by atoms with Gasteiger partial charge in [-0.2, -0.15) is 0 Å². The van der Waals surface area contributed by atoms with Crippen molar-refractivity contribution < 1.29 is 19.4 Å². The summed E-state index contributed by atoms with van der Waals surface area (Å²) < 4.78 is 5.37. The number of amides is 2. The van der Waals surface area contributed by atoms with Gasteiger partial charge in [0.2, 0.25) is 5.91 Å². The number of methoxy groups -OCH3 is 1. The number of benzene rings is 2. The Morgan fingerprint density at radius 1 is 1.17 bits per heavy atom. The van der Waals surface area contributed by atoms with Gasteiger partial charge in [0.05, 0.1) is 13.7 Å². The molecule has 2 amide bonds. The normalized spacial score (nSPS) is 17.7. The molecule has 0 atom stereocenters. The Kier molecular flexibility index (Phi) is 4.94. The maximum Gasteiger partial charge on any atom is 0.255 e. The minimum Gasteiger partial charge on any atom is -0.508 e. The summed E-state index contributed by atoms with van der Waals surface area (Å²) in [5.74, 6) is 0.446. The molecule has 1 fully saturated rings. The molecular formula is C23H26N2O4. The van der Waals surface area contributed by atoms with Crippen molar-refractivity contribution in [3.8, 4) is 11.5 Å². The molecule has 2 N–H and O–H groups in total. The molecule has 6 nitrogen and oxygen atoms in total. The van der Waals surface area contributed by atoms with Gasteiger partial charge in [-0.25, -0.2) is 0 Å². The third-order valence-corrected chi connectivity index (χ3v) is 6.23. The SMILES string of the molecule is COc1cc(NC(=O)C2(N3Cc4c(O)cccc4C3=O)CCCCC2)ccc1C. The molecule has 0 saturated heterocycles. The summed E-state index contributed by atoms with van der Waals surface area (Å²) in [6, 6.07) is 10.5. The summed E-state index contributed by atoms with van der Waals surface area (Å²) in [6.45, 7) is 2.20. The Hall–Kier alpha value is -3.02. The quantitative estimate of drug-likeness (QED) is 0.821. The molecule has 0 radical (unpaired) electrons. The summed E-state index contributed by atoms with van der Waals surface area (Å²) in [4.78, 5) is 28.4. The number of nitrogens with zero attached hydrogens (tertiary/aromatic N) is 1. The van der Waals surface area contributed by atoms with Crippen molar-refractivity contribution in [1.82, 2.24) is 4.90 Å². The van der Waals surface area contributed by atoms with Crippen LogP contribution in [0.5, 0.6) is 11.5 Å². The monoisotopic (exact) mass is 394 g/mol. The second-order valence-corrected chi connectivity index (χ2v) is 7.93. The predicted octanol–water partition coefficient (Wildman–Crippen LogP) is 4.01. The fourth-order valence-electron chi connectivity index (χ4n) is 4.56. The number of phenolic OH excluding ortho intramolecular Hbond substituents is 1. The number of carbonyl (C=O) groups excluding carboxylic acids is 2. The number of ether oxygens (including phenoxy) is 1. The molecule has 29 heavy (non-hydrogen) atoms. The minimum absolute atomic E-state index is 0.105. The first-order valence-corrected chi connectivity index (χ1v) is 10.1. The summed E-state index contributed by atoms with van der Waals surface area (Å²) in [7, 11) is 1.60. The van der Waals surface area contributed by atoms with Crippen molar-refractivity contribution in [2.24, 2.45) is 0 Å². The van der Waals surface area contributed by atoms with Crippen LogP contribution in [0.2, 0.25) is 0 Å². The second-order valence-electron chi connectivity index (χ2n) is 7.93. The average molecular weight is 394 g/mol. The van der Waals surface area contributed by atoms with E-state index in [1.165, 1.54) is 0 Å². The van der Waals surface area contributed by atoms with Crippen LogP contribution in [0.3, 0.4) is 0 Å². The maximum atomic E-state index is 13.5. The number of fused-ring (bicyclic) bond motifs is 1. The van der Waals surface area contributed by atoms with E-state index in [0.29, 0.717) is 35.4 Å². The number of aromatic hydroxyl groups is 1. The molecule has 152 valence electrons. The van der Waals surface area contributed by atoms with Crippen molar-refractivity contribution >= 4 is 17.5 Å². The summed E-state index contributed by atoms with van der Waals surface area (Å²) in [5.41, 5.74) is 1.80. The van der Waals surface area contributed by atoms with Crippen molar-refractivity contribution in [2.75, 3.05) is 12.4 Å². The minimum atomic E-state index is -0.918. The second kappa shape index (κ2) is 7.43. The third kappa shape index (κ3) is 3.22. The molecule has 1 aliphatic carbocycles. The van der Waals surface area contributed by atoms with E-state index in [4.69, 9.17) is 4.74 Å². The molecule has 4 rings (SSSR count). The number of nitrogens with one attached hydrogen (secondary N) is 1. The number of phenols is 1. The molecule has 0 spiro atoms. The zero-order valence-corrected chi connectivity index (χ0v) is 16.8. The van der Waals surface area contributed by atoms with E-state index in [1.54, 1.807) is 36.3 Å². The smallest absolute Gasteiger partial charge is 0.255 e. The van der Waals surface area contributed by atoms with Gasteiger partial charge >= 0.3 is 0 Å². The molecule has 1 aliphatic heterocycles. The van der Waals surface area contributed by atoms with E-state index in [-0.39, 0.29) is 24.1 Å². The topological polar surface area (TPSA) is 78.9 Å². The van der Waals surface area contributed by atoms with Crippen LogP contribution in [-0.2, 0) is 11.3 Å². The van der Waals surface area contributed by atoms with E-state index < -0.39 is 5.54 Å². The molecule has 2 aliphatic rings. The van der Waals surface area contributed by atoms with Crippen molar-refractivity contribution in [1.29, 1.82) is 0 Å². The Balaban J connectivity index is 1.67. The molecule has 0 unspecified atom stereocenters. The first kappa shape index (κ1) is 19.3. The number of carbonyl (C=O) groups is 2. The van der Waals surface area contributed by atoms with E-state index in [0.717, 1.165) is 24.8 Å². The van der Waals surface area contributed by atoms with E-state index in [9.17, 15) is 14.7 Å². The van der Waals surface area contributed by atoms with E-state index >= 15 is 0 Å². The molecule has 6 heteroatoms. The van der Waals surface area contributed by atoms with Crippen molar-refractivity contribution in [3.05, 3.63) is 53.1 Å². The molecule has 0 aromatic heterocycles. The van der Waals surface area contributed by atoms with Gasteiger partial charge in [-0.3, -0.25) is 9.59 Å². The predicted molar refractivity (Wildman–Crippen MR) is 110 cm³/mol. The van der Waals surface area contributed by atoms with Crippen LogP contribution in [-0.4, -0.2) is 34.5 Å². The van der Waals surface area contributed by atoms with Gasteiger partial charge in [0.1, 0.15) is 17.0 Å². The number of aryl methyl sites for hydroxylation is 1. The Labute approximate surface area is 170 Å². The van der Waals surface area contributed by atoms with Crippen molar-refractivity contribution in [3.63, 3.8) is 0 Å². The number of anilines is 1. The summed E-state index contributed by atoms with van der Waals surface area (Å²) in [6.07, 6.45) is 4.05. The molecule has 1 saturated carbocycles. The Bertz CT molecular complexity index is 963. The molecule has 1 heterocycles. The molecular weight excluding hydrogens is 368 g/mol. The number of hydrogen-bond donors (Lipinski definition) is 2. The van der Waals surface area contributed by atoms with E-state index in [2.05, 4.69) is 5.32 Å². The van der Waals surface area contributed by atoms with Gasteiger partial charge in [-0.15, -0.1) is 0 Å². The third-order valence-electron chi connectivity index (χ3n) is 6.23. The maximum absolute atomic E-state index is 13.5. The van der Waals surface area contributed by atoms with Gasteiger partial charge in [-0.05, 0) is 43.5 Å². The van der Waals surface area contributed by atoms with Crippen LogP contribution in [0.15, 0.2) is 36.4 Å². The lowest BCUT2D eigenvalue weighted by molar-refractivity contribution is -0.129. The number of hydrogen-bond acceptors (Lipinski definition) is 4. The highest BCUT2D eigenvalue weighted by molar-refractivity contribution is 6.06. The van der Waals surface area contributed by atoms with Gasteiger partial charge in [-0.1, -0.05) is 31.4 Å². The van der Waals surface area contributed by atoms with Gasteiger partial charge in [0, 0.05) is 22.9 Å². The van der Waals surface area contributed by atoms with Crippen LogP contribution in [0, 0.1) is 6.92 Å². The van der Waals surface area contributed by atoms with Crippen LogP contribution in [0.4, 0.5) is 5.69 Å². The fourth-order valence-corrected chi connectivity index (χ4v) is 4.56. The van der Waals surface area contributed by atoms with Gasteiger partial charge in [0.25, 0.3) is 5.91 Å². The first-order chi connectivity index (χ1) is 14.0.